The molecule has 0 bridgehead atoms. The lowest BCUT2D eigenvalue weighted by atomic mass is 10.2. The van der Waals surface area contributed by atoms with Crippen molar-refractivity contribution in [2.75, 3.05) is 16.9 Å². The molecule has 0 aliphatic rings. The van der Waals surface area contributed by atoms with Crippen molar-refractivity contribution in [2.45, 2.75) is 11.8 Å². The van der Waals surface area contributed by atoms with E-state index < -0.39 is 15.7 Å². The van der Waals surface area contributed by atoms with Gasteiger partial charge in [0.1, 0.15) is 0 Å². The molecule has 0 atom stereocenters. The minimum Gasteiger partial charge on any atom is -0.326 e. The molecule has 0 unspecified atom stereocenters. The fourth-order valence-electron chi connectivity index (χ4n) is 1.95. The van der Waals surface area contributed by atoms with Crippen molar-refractivity contribution in [2.24, 2.45) is 0 Å². The van der Waals surface area contributed by atoms with Crippen molar-refractivity contribution < 1.29 is 18.0 Å². The third-order valence-corrected chi connectivity index (χ3v) is 4.51. The van der Waals surface area contributed by atoms with E-state index in [0.29, 0.717) is 11.4 Å². The Bertz CT molecular complexity index is 893. The van der Waals surface area contributed by atoms with E-state index in [4.69, 9.17) is 11.6 Å². The van der Waals surface area contributed by atoms with Crippen LogP contribution in [0.1, 0.15) is 17.3 Å². The second-order valence-corrected chi connectivity index (χ2v) is 7.55. The predicted molar refractivity (Wildman–Crippen MR) is 93.3 cm³/mol. The monoisotopic (exact) mass is 366 g/mol. The first-order valence-electron chi connectivity index (χ1n) is 6.85. The minimum atomic E-state index is -3.44. The van der Waals surface area contributed by atoms with E-state index in [1.54, 1.807) is 24.3 Å². The lowest BCUT2D eigenvalue weighted by molar-refractivity contribution is -0.114. The van der Waals surface area contributed by atoms with Crippen molar-refractivity contribution in [3.8, 4) is 0 Å². The van der Waals surface area contributed by atoms with Gasteiger partial charge in [-0.3, -0.25) is 9.59 Å². The van der Waals surface area contributed by atoms with Gasteiger partial charge in [-0.25, -0.2) is 8.42 Å². The molecule has 0 saturated carbocycles. The summed E-state index contributed by atoms with van der Waals surface area (Å²) < 4.78 is 23.2. The molecule has 0 aliphatic carbocycles. The Morgan fingerprint density at radius 2 is 1.50 bits per heavy atom. The molecule has 0 radical (unpaired) electrons. The fourth-order valence-corrected chi connectivity index (χ4v) is 2.80. The molecule has 6 nitrogen and oxygen atoms in total. The van der Waals surface area contributed by atoms with E-state index in [0.717, 1.165) is 6.26 Å². The van der Waals surface area contributed by atoms with Crippen molar-refractivity contribution >= 4 is 44.6 Å². The Labute approximate surface area is 144 Å². The zero-order chi connectivity index (χ0) is 17.9. The van der Waals surface area contributed by atoms with Crippen LogP contribution in [-0.4, -0.2) is 26.5 Å². The molecule has 2 aromatic carbocycles. The van der Waals surface area contributed by atoms with Crippen LogP contribution in [0.15, 0.2) is 47.4 Å². The Hall–Kier alpha value is -2.38. The number of anilines is 2. The average molecular weight is 367 g/mol. The largest absolute Gasteiger partial charge is 0.326 e. The molecule has 8 heteroatoms. The second-order valence-electron chi connectivity index (χ2n) is 5.13. The van der Waals surface area contributed by atoms with E-state index in [-0.39, 0.29) is 21.4 Å². The molecular weight excluding hydrogens is 352 g/mol. The van der Waals surface area contributed by atoms with Crippen LogP contribution in [0, 0.1) is 0 Å². The molecule has 0 aliphatic heterocycles. The number of carbonyl (C=O) groups is 2. The van der Waals surface area contributed by atoms with Crippen molar-refractivity contribution in [1.29, 1.82) is 0 Å². The van der Waals surface area contributed by atoms with Gasteiger partial charge < -0.3 is 10.6 Å². The zero-order valence-electron chi connectivity index (χ0n) is 13.0. The molecule has 2 N–H and O–H groups in total. The number of hydrogen-bond donors (Lipinski definition) is 2. The Morgan fingerprint density at radius 1 is 0.958 bits per heavy atom. The SMILES string of the molecule is CC(=O)Nc1ccc(NC(=O)c2cc(S(C)(=O)=O)ccc2Cl)cc1. The first kappa shape index (κ1) is 18.0. The Balaban J connectivity index is 2.22. The van der Waals surface area contributed by atoms with Crippen molar-refractivity contribution in [3.05, 3.63) is 53.1 Å². The number of halogens is 1. The van der Waals surface area contributed by atoms with Gasteiger partial charge in [-0.1, -0.05) is 11.6 Å². The van der Waals surface area contributed by atoms with Crippen LogP contribution in [0.3, 0.4) is 0 Å². The summed E-state index contributed by atoms with van der Waals surface area (Å²) in [5.41, 5.74) is 1.14. The van der Waals surface area contributed by atoms with Gasteiger partial charge in [0.05, 0.1) is 15.5 Å². The summed E-state index contributed by atoms with van der Waals surface area (Å²) in [6, 6.07) is 10.4. The summed E-state index contributed by atoms with van der Waals surface area (Å²) in [5.74, 6) is -0.728. The maximum atomic E-state index is 12.3. The van der Waals surface area contributed by atoms with Crippen LogP contribution in [0.4, 0.5) is 11.4 Å². The number of amides is 2. The van der Waals surface area contributed by atoms with Gasteiger partial charge in [-0.2, -0.15) is 0 Å². The average Bonchev–Trinajstić information content (AvgIpc) is 2.48. The van der Waals surface area contributed by atoms with Crippen LogP contribution in [0.25, 0.3) is 0 Å². The van der Waals surface area contributed by atoms with Gasteiger partial charge in [-0.15, -0.1) is 0 Å². The molecule has 126 valence electrons. The third-order valence-electron chi connectivity index (χ3n) is 3.07. The number of carbonyl (C=O) groups excluding carboxylic acids is 2. The molecular formula is C16H15ClN2O4S. The molecule has 0 spiro atoms. The maximum Gasteiger partial charge on any atom is 0.257 e. The van der Waals surface area contributed by atoms with E-state index in [1.807, 2.05) is 0 Å². The summed E-state index contributed by atoms with van der Waals surface area (Å²) in [5, 5.41) is 5.39. The summed E-state index contributed by atoms with van der Waals surface area (Å²) in [6.07, 6.45) is 1.05. The van der Waals surface area contributed by atoms with Crippen molar-refractivity contribution in [1.82, 2.24) is 0 Å². The van der Waals surface area contributed by atoms with Gasteiger partial charge in [0.15, 0.2) is 9.84 Å². The molecule has 0 saturated heterocycles. The highest BCUT2D eigenvalue weighted by Crippen LogP contribution is 2.22. The van der Waals surface area contributed by atoms with E-state index in [9.17, 15) is 18.0 Å². The molecule has 0 heterocycles. The van der Waals surface area contributed by atoms with E-state index in [2.05, 4.69) is 10.6 Å². The number of nitrogens with one attached hydrogen (secondary N) is 2. The maximum absolute atomic E-state index is 12.3. The summed E-state index contributed by atoms with van der Waals surface area (Å²) in [6.45, 7) is 1.40. The number of rotatable bonds is 4. The molecule has 2 aromatic rings. The van der Waals surface area contributed by atoms with E-state index >= 15 is 0 Å². The van der Waals surface area contributed by atoms with Crippen LogP contribution in [-0.2, 0) is 14.6 Å². The zero-order valence-corrected chi connectivity index (χ0v) is 14.5. The molecule has 2 rings (SSSR count). The Kier molecular flexibility index (Phi) is 5.26. The lowest BCUT2D eigenvalue weighted by Crippen LogP contribution is -2.13. The molecule has 2 amide bonds. The smallest absolute Gasteiger partial charge is 0.257 e. The first-order chi connectivity index (χ1) is 11.2. The van der Waals surface area contributed by atoms with Gasteiger partial charge in [0, 0.05) is 24.6 Å². The van der Waals surface area contributed by atoms with Crippen molar-refractivity contribution in [3.63, 3.8) is 0 Å². The first-order valence-corrected chi connectivity index (χ1v) is 9.12. The summed E-state index contributed by atoms with van der Waals surface area (Å²) in [4.78, 5) is 23.3. The normalized spacial score (nSPS) is 11.0. The van der Waals surface area contributed by atoms with Crippen LogP contribution >= 0.6 is 11.6 Å². The van der Waals surface area contributed by atoms with Crippen LogP contribution in [0.5, 0.6) is 0 Å². The molecule has 24 heavy (non-hydrogen) atoms. The van der Waals surface area contributed by atoms with Crippen LogP contribution in [0.2, 0.25) is 5.02 Å². The van der Waals surface area contributed by atoms with Crippen LogP contribution < -0.4 is 10.6 Å². The standard InChI is InChI=1S/C16H15ClN2O4S/c1-10(20)18-11-3-5-12(6-4-11)19-16(21)14-9-13(24(2,22)23)7-8-15(14)17/h3-9H,1-2H3,(H,18,20)(H,19,21). The highest BCUT2D eigenvalue weighted by molar-refractivity contribution is 7.90. The fraction of sp³-hybridized carbons (Fsp3) is 0.125. The van der Waals surface area contributed by atoms with Gasteiger partial charge in [0.25, 0.3) is 5.91 Å². The lowest BCUT2D eigenvalue weighted by Gasteiger charge is -2.09. The number of benzene rings is 2. The summed E-state index contributed by atoms with van der Waals surface area (Å²) in [7, 11) is -3.44. The minimum absolute atomic E-state index is 0.0121. The van der Waals surface area contributed by atoms with Gasteiger partial charge in [0.2, 0.25) is 5.91 Å². The molecule has 0 fully saturated rings. The quantitative estimate of drug-likeness (QED) is 0.870. The molecule has 0 aromatic heterocycles. The van der Waals surface area contributed by atoms with E-state index in [1.165, 1.54) is 25.1 Å². The topological polar surface area (TPSA) is 92.3 Å². The highest BCUT2D eigenvalue weighted by Gasteiger charge is 2.15. The highest BCUT2D eigenvalue weighted by atomic mass is 35.5. The van der Waals surface area contributed by atoms with Gasteiger partial charge >= 0.3 is 0 Å². The Morgan fingerprint density at radius 3 is 2.00 bits per heavy atom. The second kappa shape index (κ2) is 7.02. The number of sulfone groups is 1. The predicted octanol–water partition coefficient (Wildman–Crippen LogP) is 2.95. The van der Waals surface area contributed by atoms with Gasteiger partial charge in [-0.05, 0) is 42.5 Å². The number of hydrogen-bond acceptors (Lipinski definition) is 4. The summed E-state index contributed by atoms with van der Waals surface area (Å²) >= 11 is 5.99. The third kappa shape index (κ3) is 4.56.